The molecule has 0 spiro atoms. The minimum atomic E-state index is -3.08. The van der Waals surface area contributed by atoms with Crippen molar-refractivity contribution in [1.82, 2.24) is 10.6 Å². The third-order valence-electron chi connectivity index (χ3n) is 4.39. The predicted molar refractivity (Wildman–Crippen MR) is 106 cm³/mol. The molecule has 0 aromatic heterocycles. The molecule has 1 aliphatic rings. The summed E-state index contributed by atoms with van der Waals surface area (Å²) in [5.41, 5.74) is 4.45. The monoisotopic (exact) mass is 388 g/mol. The fourth-order valence-electron chi connectivity index (χ4n) is 3.01. The molecule has 1 aliphatic heterocycles. The molecule has 27 heavy (non-hydrogen) atoms. The first-order valence-corrected chi connectivity index (χ1v) is 10.9. The lowest BCUT2D eigenvalue weighted by Gasteiger charge is -2.09. The number of carbonyl (C=O) groups is 1. The smallest absolute Gasteiger partial charge is 0.315 e. The van der Waals surface area contributed by atoms with Crippen molar-refractivity contribution in [3.8, 4) is 16.9 Å². The van der Waals surface area contributed by atoms with Crippen LogP contribution in [0.3, 0.4) is 0 Å². The molecule has 0 saturated carbocycles. The SMILES string of the molecule is CC1Cc2cc(-c3ccc(CNC(=O)NCCS(C)(=O)=O)cc3)ccc2O1. The van der Waals surface area contributed by atoms with Gasteiger partial charge in [0.25, 0.3) is 0 Å². The van der Waals surface area contributed by atoms with Crippen LogP contribution in [0.15, 0.2) is 42.5 Å². The molecule has 0 bridgehead atoms. The van der Waals surface area contributed by atoms with Gasteiger partial charge in [-0.15, -0.1) is 0 Å². The van der Waals surface area contributed by atoms with Crippen LogP contribution in [0, 0.1) is 0 Å². The van der Waals surface area contributed by atoms with Crippen molar-refractivity contribution in [2.45, 2.75) is 26.0 Å². The summed E-state index contributed by atoms with van der Waals surface area (Å²) in [4.78, 5) is 11.7. The fourth-order valence-corrected chi connectivity index (χ4v) is 3.48. The minimum absolute atomic E-state index is 0.0697. The van der Waals surface area contributed by atoms with Crippen LogP contribution in [0.2, 0.25) is 0 Å². The van der Waals surface area contributed by atoms with Gasteiger partial charge in [0.2, 0.25) is 0 Å². The average molecular weight is 388 g/mol. The number of rotatable bonds is 6. The normalized spacial score (nSPS) is 15.7. The van der Waals surface area contributed by atoms with Crippen LogP contribution < -0.4 is 15.4 Å². The second-order valence-electron chi connectivity index (χ2n) is 6.89. The van der Waals surface area contributed by atoms with Gasteiger partial charge in [-0.3, -0.25) is 0 Å². The molecule has 1 unspecified atom stereocenters. The molecular formula is C20H24N2O4S. The Labute approximate surface area is 159 Å². The molecule has 1 heterocycles. The Hall–Kier alpha value is -2.54. The van der Waals surface area contributed by atoms with Crippen molar-refractivity contribution in [2.75, 3.05) is 18.6 Å². The Balaban J connectivity index is 1.53. The number of fused-ring (bicyclic) bond motifs is 1. The maximum Gasteiger partial charge on any atom is 0.315 e. The predicted octanol–water partition coefficient (Wildman–Crippen LogP) is 2.52. The number of carbonyl (C=O) groups excluding carboxylic acids is 1. The van der Waals surface area contributed by atoms with Gasteiger partial charge in [0.05, 0.1) is 5.75 Å². The third kappa shape index (κ3) is 5.47. The zero-order valence-electron chi connectivity index (χ0n) is 15.5. The van der Waals surface area contributed by atoms with Crippen molar-refractivity contribution >= 4 is 15.9 Å². The number of urea groups is 1. The third-order valence-corrected chi connectivity index (χ3v) is 5.34. The summed E-state index contributed by atoms with van der Waals surface area (Å²) in [6.45, 7) is 2.55. The second kappa shape index (κ2) is 8.00. The summed E-state index contributed by atoms with van der Waals surface area (Å²) in [7, 11) is -3.08. The number of hydrogen-bond acceptors (Lipinski definition) is 4. The van der Waals surface area contributed by atoms with E-state index in [1.165, 1.54) is 5.56 Å². The van der Waals surface area contributed by atoms with Gasteiger partial charge in [-0.25, -0.2) is 13.2 Å². The molecule has 2 aromatic rings. The van der Waals surface area contributed by atoms with Gasteiger partial charge in [0.15, 0.2) is 0 Å². The molecule has 0 fully saturated rings. The maximum absolute atomic E-state index is 11.7. The van der Waals surface area contributed by atoms with Crippen LogP contribution in [0.25, 0.3) is 11.1 Å². The van der Waals surface area contributed by atoms with E-state index in [1.54, 1.807) is 0 Å². The quantitative estimate of drug-likeness (QED) is 0.796. The van der Waals surface area contributed by atoms with E-state index in [1.807, 2.05) is 30.3 Å². The zero-order chi connectivity index (χ0) is 19.4. The van der Waals surface area contributed by atoms with Crippen molar-refractivity contribution in [2.24, 2.45) is 0 Å². The van der Waals surface area contributed by atoms with Gasteiger partial charge in [-0.05, 0) is 41.3 Å². The summed E-state index contributed by atoms with van der Waals surface area (Å²) in [6.07, 6.45) is 2.30. The van der Waals surface area contributed by atoms with E-state index < -0.39 is 9.84 Å². The molecule has 0 saturated heterocycles. The highest BCUT2D eigenvalue weighted by atomic mass is 32.2. The molecule has 1 atom stereocenters. The fraction of sp³-hybridized carbons (Fsp3) is 0.350. The molecule has 144 valence electrons. The molecule has 6 nitrogen and oxygen atoms in total. The van der Waals surface area contributed by atoms with Gasteiger partial charge in [0.1, 0.15) is 21.7 Å². The van der Waals surface area contributed by atoms with Crippen molar-refractivity contribution in [1.29, 1.82) is 0 Å². The number of ether oxygens (including phenoxy) is 1. The largest absolute Gasteiger partial charge is 0.490 e. The zero-order valence-corrected chi connectivity index (χ0v) is 16.3. The molecule has 2 N–H and O–H groups in total. The maximum atomic E-state index is 11.7. The molecule has 2 aromatic carbocycles. The summed E-state index contributed by atoms with van der Waals surface area (Å²) >= 11 is 0. The Morgan fingerprint density at radius 3 is 2.52 bits per heavy atom. The van der Waals surface area contributed by atoms with Crippen molar-refractivity contribution in [3.63, 3.8) is 0 Å². The minimum Gasteiger partial charge on any atom is -0.490 e. The average Bonchev–Trinajstić information content (AvgIpc) is 2.98. The van der Waals surface area contributed by atoms with Gasteiger partial charge < -0.3 is 15.4 Å². The summed E-state index contributed by atoms with van der Waals surface area (Å²) in [5, 5.41) is 5.25. The number of amides is 2. The Morgan fingerprint density at radius 2 is 1.81 bits per heavy atom. The van der Waals surface area contributed by atoms with Crippen LogP contribution in [-0.2, 0) is 22.8 Å². The number of benzene rings is 2. The second-order valence-corrected chi connectivity index (χ2v) is 9.15. The van der Waals surface area contributed by atoms with Crippen molar-refractivity contribution < 1.29 is 17.9 Å². The van der Waals surface area contributed by atoms with Gasteiger partial charge in [-0.2, -0.15) is 0 Å². The Kier molecular flexibility index (Phi) is 5.70. The van der Waals surface area contributed by atoms with E-state index in [4.69, 9.17) is 4.74 Å². The highest BCUT2D eigenvalue weighted by Crippen LogP contribution is 2.32. The number of hydrogen-bond donors (Lipinski definition) is 2. The summed E-state index contributed by atoms with van der Waals surface area (Å²) < 4.78 is 27.8. The summed E-state index contributed by atoms with van der Waals surface area (Å²) in [5.74, 6) is 0.897. The van der Waals surface area contributed by atoms with E-state index in [-0.39, 0.29) is 24.4 Å². The molecule has 0 aliphatic carbocycles. The van der Waals surface area contributed by atoms with Gasteiger partial charge >= 0.3 is 6.03 Å². The highest BCUT2D eigenvalue weighted by molar-refractivity contribution is 7.90. The van der Waals surface area contributed by atoms with E-state index in [0.717, 1.165) is 35.1 Å². The van der Waals surface area contributed by atoms with Crippen LogP contribution >= 0.6 is 0 Å². The van der Waals surface area contributed by atoms with Gasteiger partial charge in [-0.1, -0.05) is 30.3 Å². The lowest BCUT2D eigenvalue weighted by molar-refractivity contribution is 0.241. The Morgan fingerprint density at radius 1 is 1.11 bits per heavy atom. The molecule has 0 radical (unpaired) electrons. The standard InChI is InChI=1S/C20H24N2O4S/c1-14-11-18-12-17(7-8-19(18)26-14)16-5-3-15(4-6-16)13-22-20(23)21-9-10-27(2,24)25/h3-8,12,14H,9-11,13H2,1-2H3,(H2,21,22,23). The lowest BCUT2D eigenvalue weighted by atomic mass is 10.00. The van der Waals surface area contributed by atoms with E-state index in [0.29, 0.717) is 6.54 Å². The first kappa shape index (κ1) is 19.2. The van der Waals surface area contributed by atoms with Crippen LogP contribution in [0.1, 0.15) is 18.1 Å². The van der Waals surface area contributed by atoms with E-state index >= 15 is 0 Å². The number of nitrogens with one attached hydrogen (secondary N) is 2. The molecule has 2 amide bonds. The molecular weight excluding hydrogens is 364 g/mol. The highest BCUT2D eigenvalue weighted by Gasteiger charge is 2.19. The van der Waals surface area contributed by atoms with E-state index in [2.05, 4.69) is 29.7 Å². The topological polar surface area (TPSA) is 84.5 Å². The molecule has 7 heteroatoms. The number of sulfone groups is 1. The first-order valence-electron chi connectivity index (χ1n) is 8.88. The van der Waals surface area contributed by atoms with Gasteiger partial charge in [0, 0.05) is 25.8 Å². The van der Waals surface area contributed by atoms with Crippen LogP contribution in [0.5, 0.6) is 5.75 Å². The lowest BCUT2D eigenvalue weighted by Crippen LogP contribution is -2.37. The summed E-state index contributed by atoms with van der Waals surface area (Å²) in [6, 6.07) is 13.9. The van der Waals surface area contributed by atoms with E-state index in [9.17, 15) is 13.2 Å². The van der Waals surface area contributed by atoms with Crippen molar-refractivity contribution in [3.05, 3.63) is 53.6 Å². The Bertz CT molecular complexity index is 923. The molecule has 3 rings (SSSR count). The van der Waals surface area contributed by atoms with Crippen LogP contribution in [0.4, 0.5) is 4.79 Å². The van der Waals surface area contributed by atoms with Crippen LogP contribution in [-0.4, -0.2) is 39.1 Å². The first-order chi connectivity index (χ1) is 12.8.